The van der Waals surface area contributed by atoms with Crippen molar-refractivity contribution >= 4 is 16.9 Å². The highest BCUT2D eigenvalue weighted by molar-refractivity contribution is 6.05. The molecule has 17 heavy (non-hydrogen) atoms. The van der Waals surface area contributed by atoms with Gasteiger partial charge in [0.25, 0.3) is 5.91 Å². The zero-order valence-corrected chi connectivity index (χ0v) is 9.40. The Morgan fingerprint density at radius 2 is 2.29 bits per heavy atom. The largest absolute Gasteiger partial charge is 0.463 e. The number of fused-ring (bicyclic) bond motifs is 1. The van der Waals surface area contributed by atoms with Crippen LogP contribution in [0.3, 0.4) is 0 Å². The van der Waals surface area contributed by atoms with Crippen LogP contribution >= 0.6 is 0 Å². The fraction of sp³-hybridized carbons (Fsp3) is 0.308. The normalized spacial score (nSPS) is 19.6. The molecule has 0 radical (unpaired) electrons. The number of nitrogens with one attached hydrogen (secondary N) is 2. The first-order valence-electron chi connectivity index (χ1n) is 5.82. The smallest absolute Gasteiger partial charge is 0.255 e. The monoisotopic (exact) mass is 230 g/mol. The van der Waals surface area contributed by atoms with Crippen LogP contribution in [0.4, 0.5) is 0 Å². The maximum atomic E-state index is 12.1. The Labute approximate surface area is 99.0 Å². The number of carbonyl (C=O) groups is 1. The summed E-state index contributed by atoms with van der Waals surface area (Å²) >= 11 is 0. The SMILES string of the molecule is O=C(N[C@H]1CCNC1)c1coc2ccccc12. The van der Waals surface area contributed by atoms with Gasteiger partial charge in [0.05, 0.1) is 5.56 Å². The Hall–Kier alpha value is -1.81. The second-order valence-electron chi connectivity index (χ2n) is 4.31. The third kappa shape index (κ3) is 1.91. The van der Waals surface area contributed by atoms with E-state index in [2.05, 4.69) is 10.6 Å². The van der Waals surface area contributed by atoms with E-state index >= 15 is 0 Å². The highest BCUT2D eigenvalue weighted by Crippen LogP contribution is 2.20. The van der Waals surface area contributed by atoms with Gasteiger partial charge in [0, 0.05) is 18.0 Å². The van der Waals surface area contributed by atoms with Crippen molar-refractivity contribution in [3.05, 3.63) is 36.1 Å². The summed E-state index contributed by atoms with van der Waals surface area (Å²) in [5.74, 6) is -0.0522. The van der Waals surface area contributed by atoms with Gasteiger partial charge in [-0.2, -0.15) is 0 Å². The van der Waals surface area contributed by atoms with Crippen molar-refractivity contribution in [2.75, 3.05) is 13.1 Å². The van der Waals surface area contributed by atoms with E-state index < -0.39 is 0 Å². The summed E-state index contributed by atoms with van der Waals surface area (Å²) < 4.78 is 5.36. The van der Waals surface area contributed by atoms with Crippen LogP contribution in [0.2, 0.25) is 0 Å². The van der Waals surface area contributed by atoms with Gasteiger partial charge in [-0.3, -0.25) is 4.79 Å². The first-order chi connectivity index (χ1) is 8.34. The molecule has 1 amide bonds. The van der Waals surface area contributed by atoms with Crippen molar-refractivity contribution in [1.29, 1.82) is 0 Å². The summed E-state index contributed by atoms with van der Waals surface area (Å²) in [5.41, 5.74) is 1.37. The summed E-state index contributed by atoms with van der Waals surface area (Å²) in [4.78, 5) is 12.1. The first kappa shape index (κ1) is 10.4. The second-order valence-corrected chi connectivity index (χ2v) is 4.31. The molecule has 4 heteroatoms. The quantitative estimate of drug-likeness (QED) is 0.822. The standard InChI is InChI=1S/C13H14N2O2/c16-13(15-9-5-6-14-7-9)11-8-17-12-4-2-1-3-10(11)12/h1-4,8-9,14H,5-7H2,(H,15,16)/t9-/m0/s1. The molecule has 0 unspecified atom stereocenters. The van der Waals surface area contributed by atoms with Gasteiger partial charge in [0.2, 0.25) is 0 Å². The van der Waals surface area contributed by atoms with Crippen molar-refractivity contribution in [1.82, 2.24) is 10.6 Å². The van der Waals surface area contributed by atoms with Crippen molar-refractivity contribution in [3.63, 3.8) is 0 Å². The zero-order chi connectivity index (χ0) is 11.7. The Kier molecular flexibility index (Phi) is 2.57. The topological polar surface area (TPSA) is 54.3 Å². The number of para-hydroxylation sites is 1. The number of furan rings is 1. The molecule has 1 saturated heterocycles. The summed E-state index contributed by atoms with van der Waals surface area (Å²) in [5, 5.41) is 7.11. The van der Waals surface area contributed by atoms with Crippen LogP contribution in [0.5, 0.6) is 0 Å². The highest BCUT2D eigenvalue weighted by atomic mass is 16.3. The van der Waals surface area contributed by atoms with Gasteiger partial charge in [-0.05, 0) is 19.0 Å². The second kappa shape index (κ2) is 4.22. The maximum absolute atomic E-state index is 12.1. The van der Waals surface area contributed by atoms with E-state index in [1.54, 1.807) is 0 Å². The molecule has 1 aromatic heterocycles. The summed E-state index contributed by atoms with van der Waals surface area (Å²) in [6.45, 7) is 1.82. The molecule has 0 spiro atoms. The molecule has 4 nitrogen and oxygen atoms in total. The molecular formula is C13H14N2O2. The van der Waals surface area contributed by atoms with E-state index in [0.717, 1.165) is 30.5 Å². The van der Waals surface area contributed by atoms with Crippen LogP contribution in [0.15, 0.2) is 34.9 Å². The van der Waals surface area contributed by atoms with Crippen molar-refractivity contribution in [2.45, 2.75) is 12.5 Å². The molecule has 2 heterocycles. The minimum absolute atomic E-state index is 0.0522. The summed E-state index contributed by atoms with van der Waals surface area (Å²) in [6, 6.07) is 7.81. The van der Waals surface area contributed by atoms with Gasteiger partial charge in [-0.1, -0.05) is 18.2 Å². The van der Waals surface area contributed by atoms with Crippen molar-refractivity contribution < 1.29 is 9.21 Å². The number of carbonyl (C=O) groups excluding carboxylic acids is 1. The van der Waals surface area contributed by atoms with Gasteiger partial charge >= 0.3 is 0 Å². The molecule has 3 rings (SSSR count). The van der Waals surface area contributed by atoms with E-state index in [-0.39, 0.29) is 11.9 Å². The molecule has 0 aliphatic carbocycles. The highest BCUT2D eigenvalue weighted by Gasteiger charge is 2.19. The van der Waals surface area contributed by atoms with Gasteiger partial charge < -0.3 is 15.1 Å². The summed E-state index contributed by atoms with van der Waals surface area (Å²) in [6.07, 6.45) is 2.52. The predicted molar refractivity (Wildman–Crippen MR) is 65.0 cm³/mol. The fourth-order valence-electron chi connectivity index (χ4n) is 2.19. The van der Waals surface area contributed by atoms with Crippen LogP contribution < -0.4 is 10.6 Å². The molecular weight excluding hydrogens is 216 g/mol. The van der Waals surface area contributed by atoms with E-state index in [1.807, 2.05) is 24.3 Å². The molecule has 0 saturated carbocycles. The van der Waals surface area contributed by atoms with E-state index in [9.17, 15) is 4.79 Å². The van der Waals surface area contributed by atoms with Crippen molar-refractivity contribution in [2.24, 2.45) is 0 Å². The Bertz CT molecular complexity index is 541. The summed E-state index contributed by atoms with van der Waals surface area (Å²) in [7, 11) is 0. The molecule has 0 bridgehead atoms. The lowest BCUT2D eigenvalue weighted by Crippen LogP contribution is -2.36. The lowest BCUT2D eigenvalue weighted by molar-refractivity contribution is 0.0941. The average molecular weight is 230 g/mol. The first-order valence-corrected chi connectivity index (χ1v) is 5.82. The van der Waals surface area contributed by atoms with E-state index in [0.29, 0.717) is 5.56 Å². The molecule has 88 valence electrons. The van der Waals surface area contributed by atoms with Gasteiger partial charge in [0.1, 0.15) is 11.8 Å². The van der Waals surface area contributed by atoms with Crippen LogP contribution in [-0.4, -0.2) is 25.0 Å². The van der Waals surface area contributed by atoms with Crippen molar-refractivity contribution in [3.8, 4) is 0 Å². The van der Waals surface area contributed by atoms with Gasteiger partial charge in [-0.25, -0.2) is 0 Å². The predicted octanol–water partition coefficient (Wildman–Crippen LogP) is 1.52. The molecule has 2 N–H and O–H groups in total. The Balaban J connectivity index is 1.85. The molecule has 1 aromatic carbocycles. The van der Waals surface area contributed by atoms with Gasteiger partial charge in [0.15, 0.2) is 0 Å². The minimum Gasteiger partial charge on any atom is -0.463 e. The molecule has 2 aromatic rings. The average Bonchev–Trinajstić information content (AvgIpc) is 2.96. The van der Waals surface area contributed by atoms with Crippen LogP contribution in [-0.2, 0) is 0 Å². The number of amides is 1. The Morgan fingerprint density at radius 3 is 3.12 bits per heavy atom. The van der Waals surface area contributed by atoms with Crippen LogP contribution in [0.25, 0.3) is 11.0 Å². The van der Waals surface area contributed by atoms with Crippen LogP contribution in [0.1, 0.15) is 16.8 Å². The minimum atomic E-state index is -0.0522. The molecule has 1 aliphatic rings. The Morgan fingerprint density at radius 1 is 1.41 bits per heavy atom. The molecule has 1 atom stereocenters. The number of hydrogen-bond acceptors (Lipinski definition) is 3. The number of benzene rings is 1. The fourth-order valence-corrected chi connectivity index (χ4v) is 2.19. The van der Waals surface area contributed by atoms with E-state index in [4.69, 9.17) is 4.42 Å². The zero-order valence-electron chi connectivity index (χ0n) is 9.40. The molecule has 1 aliphatic heterocycles. The molecule has 1 fully saturated rings. The van der Waals surface area contributed by atoms with E-state index in [1.165, 1.54) is 6.26 Å². The third-order valence-corrected chi connectivity index (χ3v) is 3.12. The third-order valence-electron chi connectivity index (χ3n) is 3.12. The lowest BCUT2D eigenvalue weighted by atomic mass is 10.1. The number of rotatable bonds is 2. The maximum Gasteiger partial charge on any atom is 0.255 e. The number of hydrogen-bond donors (Lipinski definition) is 2. The van der Waals surface area contributed by atoms with Gasteiger partial charge in [-0.15, -0.1) is 0 Å². The lowest BCUT2D eigenvalue weighted by Gasteiger charge is -2.09. The van der Waals surface area contributed by atoms with Crippen LogP contribution in [0, 0.1) is 0 Å².